The van der Waals surface area contributed by atoms with Gasteiger partial charge in [-0.1, -0.05) is 11.2 Å². The highest BCUT2D eigenvalue weighted by molar-refractivity contribution is 7.13. The Morgan fingerprint density at radius 3 is 3.04 bits per heavy atom. The van der Waals surface area contributed by atoms with Crippen LogP contribution in [0.4, 0.5) is 5.69 Å². The minimum atomic E-state index is -0.343. The Bertz CT molecular complexity index is 1030. The molecule has 0 aliphatic heterocycles. The highest BCUT2D eigenvalue weighted by Crippen LogP contribution is 2.25. The van der Waals surface area contributed by atoms with Gasteiger partial charge < -0.3 is 9.84 Å². The van der Waals surface area contributed by atoms with Gasteiger partial charge in [0.25, 0.3) is 5.91 Å². The van der Waals surface area contributed by atoms with Gasteiger partial charge in [-0.3, -0.25) is 9.48 Å². The molecule has 0 unspecified atom stereocenters. The summed E-state index contributed by atoms with van der Waals surface area (Å²) in [5.41, 5.74) is 2.44. The molecule has 4 aromatic rings. The molecule has 0 bridgehead atoms. The smallest absolute Gasteiger partial charge is 0.277 e. The van der Waals surface area contributed by atoms with E-state index in [0.717, 1.165) is 21.6 Å². The van der Waals surface area contributed by atoms with E-state index in [4.69, 9.17) is 4.52 Å². The third-order valence-corrected chi connectivity index (χ3v) is 4.51. The van der Waals surface area contributed by atoms with Crippen molar-refractivity contribution in [1.82, 2.24) is 19.9 Å². The highest BCUT2D eigenvalue weighted by Gasteiger charge is 2.15. The number of pyridine rings is 1. The van der Waals surface area contributed by atoms with Crippen molar-refractivity contribution in [3.05, 3.63) is 47.2 Å². The summed E-state index contributed by atoms with van der Waals surface area (Å²) in [6.45, 7) is 1.90. The molecule has 0 aliphatic carbocycles. The molecule has 1 amide bonds. The van der Waals surface area contributed by atoms with Gasteiger partial charge in [-0.25, -0.2) is 4.98 Å². The Morgan fingerprint density at radius 1 is 1.38 bits per heavy atom. The van der Waals surface area contributed by atoms with E-state index in [1.165, 1.54) is 11.3 Å². The van der Waals surface area contributed by atoms with Gasteiger partial charge in [-0.05, 0) is 24.4 Å². The molecule has 0 saturated heterocycles. The van der Waals surface area contributed by atoms with E-state index >= 15 is 0 Å². The lowest BCUT2D eigenvalue weighted by Crippen LogP contribution is -2.12. The van der Waals surface area contributed by atoms with Gasteiger partial charge in [0.2, 0.25) is 0 Å². The van der Waals surface area contributed by atoms with Gasteiger partial charge in [-0.2, -0.15) is 5.10 Å². The van der Waals surface area contributed by atoms with Crippen molar-refractivity contribution in [2.24, 2.45) is 7.05 Å². The number of aryl methyl sites for hydroxylation is 2. The zero-order valence-electron chi connectivity index (χ0n) is 13.0. The molecule has 7 nitrogen and oxygen atoms in total. The molecule has 4 heterocycles. The minimum absolute atomic E-state index is 0.224. The van der Waals surface area contributed by atoms with Crippen LogP contribution in [0, 0.1) is 6.92 Å². The Balaban J connectivity index is 1.59. The Kier molecular flexibility index (Phi) is 3.39. The standard InChI is InChI=1S/C16H13N5O2S/c1-9-11-6-10(8-17-15(11)21(2)19-9)18-16(22)12-7-13(23-20-12)14-4-3-5-24-14/h3-8H,1-2H3,(H,18,22). The van der Waals surface area contributed by atoms with E-state index in [2.05, 4.69) is 20.6 Å². The third kappa shape index (κ3) is 2.46. The number of rotatable bonds is 3. The van der Waals surface area contributed by atoms with Crippen LogP contribution < -0.4 is 5.32 Å². The third-order valence-electron chi connectivity index (χ3n) is 3.63. The van der Waals surface area contributed by atoms with Crippen LogP contribution >= 0.6 is 11.3 Å². The number of carbonyl (C=O) groups is 1. The number of hydrogen-bond donors (Lipinski definition) is 1. The number of aromatic nitrogens is 4. The molecule has 4 rings (SSSR count). The lowest BCUT2D eigenvalue weighted by atomic mass is 10.2. The van der Waals surface area contributed by atoms with Gasteiger partial charge in [0.05, 0.1) is 22.5 Å². The monoisotopic (exact) mass is 339 g/mol. The van der Waals surface area contributed by atoms with E-state index in [9.17, 15) is 4.79 Å². The highest BCUT2D eigenvalue weighted by atomic mass is 32.1. The number of fused-ring (bicyclic) bond motifs is 1. The summed E-state index contributed by atoms with van der Waals surface area (Å²) in [6.07, 6.45) is 1.60. The predicted molar refractivity (Wildman–Crippen MR) is 91.0 cm³/mol. The van der Waals surface area contributed by atoms with Crippen LogP contribution in [0.1, 0.15) is 16.2 Å². The van der Waals surface area contributed by atoms with Gasteiger partial charge in [0, 0.05) is 18.5 Å². The maximum atomic E-state index is 12.3. The minimum Gasteiger partial charge on any atom is -0.355 e. The Hall–Kier alpha value is -3.00. The fourth-order valence-electron chi connectivity index (χ4n) is 2.49. The summed E-state index contributed by atoms with van der Waals surface area (Å²) in [6, 6.07) is 7.31. The van der Waals surface area contributed by atoms with Crippen molar-refractivity contribution in [2.45, 2.75) is 6.92 Å². The van der Waals surface area contributed by atoms with Crippen LogP contribution in [0.2, 0.25) is 0 Å². The van der Waals surface area contributed by atoms with E-state index < -0.39 is 0 Å². The number of nitrogens with zero attached hydrogens (tertiary/aromatic N) is 4. The second-order valence-electron chi connectivity index (χ2n) is 5.31. The number of hydrogen-bond acceptors (Lipinski definition) is 6. The SMILES string of the molecule is Cc1nn(C)c2ncc(NC(=O)c3cc(-c4cccs4)on3)cc12. The molecule has 24 heavy (non-hydrogen) atoms. The molecular formula is C16H13N5O2S. The quantitative estimate of drug-likeness (QED) is 0.619. The molecule has 8 heteroatoms. The van der Waals surface area contributed by atoms with E-state index in [1.807, 2.05) is 37.6 Å². The Morgan fingerprint density at radius 2 is 2.25 bits per heavy atom. The molecule has 0 radical (unpaired) electrons. The first-order chi connectivity index (χ1) is 11.6. The number of anilines is 1. The van der Waals surface area contributed by atoms with Crippen molar-refractivity contribution >= 4 is 34.0 Å². The van der Waals surface area contributed by atoms with Crippen molar-refractivity contribution in [1.29, 1.82) is 0 Å². The topological polar surface area (TPSA) is 85.8 Å². The molecular weight excluding hydrogens is 326 g/mol. The van der Waals surface area contributed by atoms with Crippen molar-refractivity contribution in [2.75, 3.05) is 5.32 Å². The molecule has 0 atom stereocenters. The maximum absolute atomic E-state index is 12.3. The van der Waals surface area contributed by atoms with E-state index in [1.54, 1.807) is 16.9 Å². The van der Waals surface area contributed by atoms with E-state index in [0.29, 0.717) is 11.4 Å². The lowest BCUT2D eigenvalue weighted by molar-refractivity contribution is 0.101. The van der Waals surface area contributed by atoms with Gasteiger partial charge >= 0.3 is 0 Å². The zero-order valence-corrected chi connectivity index (χ0v) is 13.8. The van der Waals surface area contributed by atoms with Crippen molar-refractivity contribution in [3.8, 4) is 10.6 Å². The molecule has 0 aromatic carbocycles. The summed E-state index contributed by atoms with van der Waals surface area (Å²) in [5.74, 6) is 0.232. The summed E-state index contributed by atoms with van der Waals surface area (Å²) in [7, 11) is 1.84. The maximum Gasteiger partial charge on any atom is 0.277 e. The molecule has 4 aromatic heterocycles. The summed E-state index contributed by atoms with van der Waals surface area (Å²) >= 11 is 1.53. The number of carbonyl (C=O) groups excluding carboxylic acids is 1. The van der Waals surface area contributed by atoms with Crippen molar-refractivity contribution < 1.29 is 9.32 Å². The fraction of sp³-hybridized carbons (Fsp3) is 0.125. The van der Waals surface area contributed by atoms with Crippen LogP contribution in [-0.4, -0.2) is 25.8 Å². The van der Waals surface area contributed by atoms with Crippen LogP contribution in [0.15, 0.2) is 40.4 Å². The van der Waals surface area contributed by atoms with Crippen molar-refractivity contribution in [3.63, 3.8) is 0 Å². The normalized spacial score (nSPS) is 11.1. The number of amides is 1. The first kappa shape index (κ1) is 14.6. The predicted octanol–water partition coefficient (Wildman–Crippen LogP) is 3.25. The summed E-state index contributed by atoms with van der Waals surface area (Å²) in [4.78, 5) is 17.6. The van der Waals surface area contributed by atoms with E-state index in [-0.39, 0.29) is 11.6 Å². The molecule has 120 valence electrons. The molecule has 0 fully saturated rings. The molecule has 0 saturated carbocycles. The van der Waals surface area contributed by atoms with Crippen LogP contribution in [0.25, 0.3) is 21.7 Å². The van der Waals surface area contributed by atoms with Crippen LogP contribution in [0.5, 0.6) is 0 Å². The average molecular weight is 339 g/mol. The second-order valence-corrected chi connectivity index (χ2v) is 6.26. The largest absolute Gasteiger partial charge is 0.355 e. The summed E-state index contributed by atoms with van der Waals surface area (Å²) < 4.78 is 6.94. The zero-order chi connectivity index (χ0) is 16.7. The van der Waals surface area contributed by atoms with Gasteiger partial charge in [0.1, 0.15) is 0 Å². The van der Waals surface area contributed by atoms with Crippen LogP contribution in [0.3, 0.4) is 0 Å². The second kappa shape index (κ2) is 5.57. The van der Waals surface area contributed by atoms with Gasteiger partial charge in [-0.15, -0.1) is 11.3 Å². The number of nitrogens with one attached hydrogen (secondary N) is 1. The summed E-state index contributed by atoms with van der Waals surface area (Å²) in [5, 5.41) is 13.8. The average Bonchev–Trinajstić information content (AvgIpc) is 3.29. The Labute approximate surface area is 140 Å². The van der Waals surface area contributed by atoms with Crippen LogP contribution in [-0.2, 0) is 7.05 Å². The van der Waals surface area contributed by atoms with Gasteiger partial charge in [0.15, 0.2) is 17.1 Å². The molecule has 0 spiro atoms. The lowest BCUT2D eigenvalue weighted by Gasteiger charge is -2.02. The fourth-order valence-corrected chi connectivity index (χ4v) is 3.16. The number of thiophene rings is 1. The molecule has 1 N–H and O–H groups in total. The molecule has 0 aliphatic rings. The first-order valence-electron chi connectivity index (χ1n) is 7.23. The first-order valence-corrected chi connectivity index (χ1v) is 8.11.